The Hall–Kier alpha value is -3.43. The van der Waals surface area contributed by atoms with Crippen molar-refractivity contribution in [3.8, 4) is 0 Å². The summed E-state index contributed by atoms with van der Waals surface area (Å²) in [6, 6.07) is 20.8. The van der Waals surface area contributed by atoms with Crippen molar-refractivity contribution >= 4 is 65.6 Å². The van der Waals surface area contributed by atoms with Crippen molar-refractivity contribution in [3.63, 3.8) is 0 Å². The third kappa shape index (κ3) is 14.1. The lowest BCUT2D eigenvalue weighted by molar-refractivity contribution is 0.0490. The van der Waals surface area contributed by atoms with Crippen LogP contribution in [0.15, 0.2) is 66.7 Å². The summed E-state index contributed by atoms with van der Waals surface area (Å²) >= 11 is 0. The van der Waals surface area contributed by atoms with Gasteiger partial charge in [-0.2, -0.15) is 0 Å². The van der Waals surface area contributed by atoms with E-state index in [1.54, 1.807) is 24.3 Å². The standard InChI is InChI=1S/C38H59N3O6Si3/c1-11-13-23-44-37(42)30-15-19-32(20-16-30)40-35-25-34(39-28-29(3)50(10,46-48(4,5)6)47-49(7,8)9)26-36(27-35)41-33-21-17-31(18-22-33)38(43)45-24-14-12-2/h15-22,25-27,29,39-41H,11-14,23-24,28H2,1-10H3. The van der Waals surface area contributed by atoms with E-state index in [9.17, 15) is 9.59 Å². The van der Waals surface area contributed by atoms with Gasteiger partial charge in [-0.1, -0.05) is 33.6 Å². The summed E-state index contributed by atoms with van der Waals surface area (Å²) in [5.41, 5.74) is 5.53. The van der Waals surface area contributed by atoms with Gasteiger partial charge in [-0.15, -0.1) is 0 Å². The molecule has 9 nitrogen and oxygen atoms in total. The lowest BCUT2D eigenvalue weighted by Gasteiger charge is -2.42. The minimum atomic E-state index is -2.52. The number of benzene rings is 3. The summed E-state index contributed by atoms with van der Waals surface area (Å²) in [6.07, 6.45) is 3.63. The molecule has 0 saturated heterocycles. The van der Waals surface area contributed by atoms with Crippen LogP contribution >= 0.6 is 0 Å². The van der Waals surface area contributed by atoms with Crippen molar-refractivity contribution in [2.45, 2.75) is 97.8 Å². The number of rotatable bonds is 20. The predicted molar refractivity (Wildman–Crippen MR) is 215 cm³/mol. The SMILES string of the molecule is CCCCOC(=O)c1ccc(Nc2cc(NCC(C)[Si](C)(O[Si](C)(C)C)O[Si](C)(C)C)cc(Nc3ccc(C(=O)OCCCC)cc3)c2)cc1. The summed E-state index contributed by atoms with van der Waals surface area (Å²) in [5.74, 6) is -0.632. The van der Waals surface area contributed by atoms with Gasteiger partial charge in [0.15, 0.2) is 16.6 Å². The van der Waals surface area contributed by atoms with Gasteiger partial charge in [0.05, 0.1) is 24.3 Å². The molecule has 0 aliphatic heterocycles. The first-order chi connectivity index (χ1) is 23.5. The summed E-state index contributed by atoms with van der Waals surface area (Å²) in [5, 5.41) is 10.7. The van der Waals surface area contributed by atoms with Crippen LogP contribution in [0.3, 0.4) is 0 Å². The van der Waals surface area contributed by atoms with Crippen LogP contribution in [0.2, 0.25) is 51.4 Å². The Balaban J connectivity index is 1.85. The molecule has 0 saturated carbocycles. The molecule has 3 aromatic carbocycles. The van der Waals surface area contributed by atoms with Gasteiger partial charge in [0.25, 0.3) is 0 Å². The van der Waals surface area contributed by atoms with Crippen molar-refractivity contribution in [3.05, 3.63) is 77.9 Å². The molecule has 1 unspecified atom stereocenters. The lowest BCUT2D eigenvalue weighted by atomic mass is 10.1. The molecule has 0 aromatic heterocycles. The molecule has 3 rings (SSSR count). The Morgan fingerprint density at radius 1 is 0.600 bits per heavy atom. The third-order valence-corrected chi connectivity index (χ3v) is 17.9. The highest BCUT2D eigenvalue weighted by Crippen LogP contribution is 2.33. The molecule has 0 aliphatic rings. The average molecular weight is 738 g/mol. The monoisotopic (exact) mass is 737 g/mol. The first-order valence-corrected chi connectivity index (χ1v) is 27.1. The van der Waals surface area contributed by atoms with Gasteiger partial charge in [0.1, 0.15) is 0 Å². The maximum Gasteiger partial charge on any atom is 0.338 e. The van der Waals surface area contributed by atoms with E-state index in [4.69, 9.17) is 17.7 Å². The molecule has 0 bridgehead atoms. The second-order valence-corrected chi connectivity index (χ2v) is 28.0. The largest absolute Gasteiger partial charge is 0.462 e. The van der Waals surface area contributed by atoms with Gasteiger partial charge in [-0.25, -0.2) is 9.59 Å². The van der Waals surface area contributed by atoms with Crippen molar-refractivity contribution in [2.24, 2.45) is 0 Å². The molecule has 0 radical (unpaired) electrons. The number of nitrogens with one attached hydrogen (secondary N) is 3. The maximum absolute atomic E-state index is 12.4. The van der Waals surface area contributed by atoms with E-state index in [1.807, 2.05) is 30.3 Å². The molecule has 12 heteroatoms. The van der Waals surface area contributed by atoms with E-state index >= 15 is 0 Å². The number of carbonyl (C=O) groups is 2. The average Bonchev–Trinajstić information content (AvgIpc) is 3.02. The van der Waals surface area contributed by atoms with Gasteiger partial charge in [-0.3, -0.25) is 0 Å². The second-order valence-electron chi connectivity index (χ2n) is 14.9. The molecule has 3 aromatic rings. The van der Waals surface area contributed by atoms with Gasteiger partial charge < -0.3 is 33.7 Å². The zero-order chi connectivity index (χ0) is 37.0. The number of unbranched alkanes of at least 4 members (excludes halogenated alkanes) is 2. The maximum atomic E-state index is 12.4. The fourth-order valence-electron chi connectivity index (χ4n) is 5.27. The van der Waals surface area contributed by atoms with E-state index in [1.165, 1.54) is 0 Å². The minimum Gasteiger partial charge on any atom is -0.462 e. The Kier molecular flexibility index (Phi) is 15.3. The van der Waals surface area contributed by atoms with Crippen LogP contribution in [-0.2, 0) is 17.7 Å². The Bertz CT molecular complexity index is 1420. The van der Waals surface area contributed by atoms with Crippen LogP contribution in [0.5, 0.6) is 0 Å². The van der Waals surface area contributed by atoms with Gasteiger partial charge in [-0.05, 0) is 125 Å². The smallest absolute Gasteiger partial charge is 0.338 e. The molecule has 0 aliphatic carbocycles. The Morgan fingerprint density at radius 2 is 0.980 bits per heavy atom. The Morgan fingerprint density at radius 3 is 1.34 bits per heavy atom. The van der Waals surface area contributed by atoms with E-state index < -0.39 is 25.2 Å². The summed E-state index contributed by atoms with van der Waals surface area (Å²) < 4.78 is 24.4. The molecule has 274 valence electrons. The molecule has 0 amide bonds. The quantitative estimate of drug-likeness (QED) is 0.0593. The number of hydrogen-bond donors (Lipinski definition) is 3. The number of esters is 2. The third-order valence-electron chi connectivity index (χ3n) is 7.74. The number of carbonyl (C=O) groups excluding carboxylic acids is 2. The van der Waals surface area contributed by atoms with Gasteiger partial charge >= 0.3 is 20.5 Å². The summed E-state index contributed by atoms with van der Waals surface area (Å²) in [7, 11) is -6.23. The number of anilines is 5. The molecule has 0 fully saturated rings. The fourth-order valence-corrected chi connectivity index (χ4v) is 17.6. The van der Waals surface area contributed by atoms with E-state index in [-0.39, 0.29) is 17.5 Å². The van der Waals surface area contributed by atoms with Crippen molar-refractivity contribution < 1.29 is 27.3 Å². The van der Waals surface area contributed by atoms with E-state index in [0.29, 0.717) is 30.9 Å². The van der Waals surface area contributed by atoms with Crippen molar-refractivity contribution in [1.29, 1.82) is 0 Å². The first kappa shape index (κ1) is 41.0. The van der Waals surface area contributed by atoms with Crippen molar-refractivity contribution in [1.82, 2.24) is 0 Å². The van der Waals surface area contributed by atoms with Gasteiger partial charge in [0, 0.05) is 40.5 Å². The van der Waals surface area contributed by atoms with Gasteiger partial charge in [0.2, 0.25) is 0 Å². The molecule has 3 N–H and O–H groups in total. The van der Waals surface area contributed by atoms with Crippen molar-refractivity contribution in [2.75, 3.05) is 35.7 Å². The minimum absolute atomic E-state index is 0.184. The van der Waals surface area contributed by atoms with Crippen LogP contribution in [-0.4, -0.2) is 56.9 Å². The summed E-state index contributed by atoms with van der Waals surface area (Å²) in [6.45, 7) is 23.4. The molecule has 0 heterocycles. The highest BCUT2D eigenvalue weighted by atomic mass is 28.5. The molecule has 1 atom stereocenters. The zero-order valence-electron chi connectivity index (χ0n) is 31.8. The first-order valence-electron chi connectivity index (χ1n) is 17.9. The van der Waals surface area contributed by atoms with E-state index in [2.05, 4.69) is 94.7 Å². The second kappa shape index (κ2) is 18.7. The molecule has 50 heavy (non-hydrogen) atoms. The summed E-state index contributed by atoms with van der Waals surface area (Å²) in [4.78, 5) is 24.8. The zero-order valence-corrected chi connectivity index (χ0v) is 34.8. The van der Waals surface area contributed by atoms with Crippen LogP contribution in [0.1, 0.15) is 67.2 Å². The van der Waals surface area contributed by atoms with Crippen LogP contribution < -0.4 is 16.0 Å². The normalized spacial score (nSPS) is 12.6. The van der Waals surface area contributed by atoms with E-state index in [0.717, 1.165) is 54.1 Å². The molecular weight excluding hydrogens is 679 g/mol. The predicted octanol–water partition coefficient (Wildman–Crippen LogP) is 10.7. The highest BCUT2D eigenvalue weighted by molar-refractivity contribution is 6.88. The number of hydrogen-bond acceptors (Lipinski definition) is 9. The lowest BCUT2D eigenvalue weighted by Crippen LogP contribution is -2.56. The van der Waals surface area contributed by atoms with Crippen LogP contribution in [0, 0.1) is 0 Å². The topological polar surface area (TPSA) is 107 Å². The number of ether oxygens (including phenoxy) is 2. The molecular formula is C38H59N3O6Si3. The fraction of sp³-hybridized carbons (Fsp3) is 0.474. The highest BCUT2D eigenvalue weighted by Gasteiger charge is 2.44. The van der Waals surface area contributed by atoms with Crippen LogP contribution in [0.25, 0.3) is 0 Å². The van der Waals surface area contributed by atoms with Crippen LogP contribution in [0.4, 0.5) is 28.4 Å². The Labute approximate surface area is 303 Å². The molecule has 0 spiro atoms.